The normalized spacial score (nSPS) is 10.7. The van der Waals surface area contributed by atoms with Crippen molar-refractivity contribution < 1.29 is 4.92 Å². The summed E-state index contributed by atoms with van der Waals surface area (Å²) in [7, 11) is 0. The van der Waals surface area contributed by atoms with Crippen LogP contribution in [0.5, 0.6) is 0 Å². The first kappa shape index (κ1) is 10.8. The molecule has 0 aromatic heterocycles. The lowest BCUT2D eigenvalue weighted by Crippen LogP contribution is -1.93. The summed E-state index contributed by atoms with van der Waals surface area (Å²) >= 11 is 4.03. The van der Waals surface area contributed by atoms with Crippen LogP contribution in [0.15, 0.2) is 24.3 Å². The molecule has 0 fully saturated rings. The highest BCUT2D eigenvalue weighted by Crippen LogP contribution is 2.21. The van der Waals surface area contributed by atoms with Gasteiger partial charge in [-0.05, 0) is 12.5 Å². The molecule has 0 bridgehead atoms. The fraction of sp³-hybridized carbons (Fsp3) is 0.200. The van der Waals surface area contributed by atoms with E-state index in [-0.39, 0.29) is 10.6 Å². The Bertz CT molecular complexity index is 374. The molecule has 0 atom stereocenters. The van der Waals surface area contributed by atoms with Crippen LogP contribution in [0.25, 0.3) is 6.08 Å². The summed E-state index contributed by atoms with van der Waals surface area (Å²) in [5, 5.41) is 10.6. The molecule has 4 heteroatoms. The Hall–Kier alpha value is -1.29. The first-order valence-electron chi connectivity index (χ1n) is 4.18. The highest BCUT2D eigenvalue weighted by Gasteiger charge is 2.10. The maximum Gasteiger partial charge on any atom is 0.272 e. The van der Waals surface area contributed by atoms with Crippen LogP contribution in [0.1, 0.15) is 11.1 Å². The number of benzene rings is 1. The fourth-order valence-electron chi connectivity index (χ4n) is 1.20. The molecule has 0 aliphatic heterocycles. The number of nitrogens with zero attached hydrogens (tertiary/aromatic N) is 1. The maximum absolute atomic E-state index is 10.6. The van der Waals surface area contributed by atoms with Crippen molar-refractivity contribution in [1.29, 1.82) is 0 Å². The summed E-state index contributed by atoms with van der Waals surface area (Å²) in [5.74, 6) is 0.627. The van der Waals surface area contributed by atoms with Gasteiger partial charge in [-0.2, -0.15) is 12.6 Å². The van der Waals surface area contributed by atoms with E-state index in [4.69, 9.17) is 0 Å². The molecule has 1 rings (SSSR count). The third-order valence-electron chi connectivity index (χ3n) is 1.95. The van der Waals surface area contributed by atoms with Crippen LogP contribution in [0.3, 0.4) is 0 Å². The van der Waals surface area contributed by atoms with Crippen molar-refractivity contribution in [1.82, 2.24) is 0 Å². The first-order valence-corrected chi connectivity index (χ1v) is 4.81. The molecule has 0 aliphatic rings. The average molecular weight is 209 g/mol. The van der Waals surface area contributed by atoms with Gasteiger partial charge in [-0.1, -0.05) is 24.3 Å². The Morgan fingerprint density at radius 3 is 2.86 bits per heavy atom. The van der Waals surface area contributed by atoms with Crippen LogP contribution in [-0.4, -0.2) is 10.7 Å². The van der Waals surface area contributed by atoms with E-state index in [1.165, 1.54) is 6.07 Å². The molecule has 0 heterocycles. The molecule has 0 amide bonds. The van der Waals surface area contributed by atoms with Crippen LogP contribution in [0, 0.1) is 17.0 Å². The van der Waals surface area contributed by atoms with Crippen molar-refractivity contribution >= 4 is 24.4 Å². The molecule has 0 saturated heterocycles. The second-order valence-electron chi connectivity index (χ2n) is 2.83. The van der Waals surface area contributed by atoms with Crippen molar-refractivity contribution in [3.8, 4) is 0 Å². The summed E-state index contributed by atoms with van der Waals surface area (Å²) in [5.41, 5.74) is 1.72. The largest absolute Gasteiger partial charge is 0.272 e. The van der Waals surface area contributed by atoms with Gasteiger partial charge < -0.3 is 0 Å². The quantitative estimate of drug-likeness (QED) is 0.472. The van der Waals surface area contributed by atoms with Gasteiger partial charge in [0.05, 0.1) is 4.92 Å². The molecule has 0 radical (unpaired) electrons. The van der Waals surface area contributed by atoms with Crippen LogP contribution >= 0.6 is 12.6 Å². The lowest BCUT2D eigenvalue weighted by molar-refractivity contribution is -0.385. The van der Waals surface area contributed by atoms with E-state index in [9.17, 15) is 10.1 Å². The zero-order valence-electron chi connectivity index (χ0n) is 7.80. The molecular formula is C10H11NO2S. The Morgan fingerprint density at radius 2 is 2.29 bits per heavy atom. The summed E-state index contributed by atoms with van der Waals surface area (Å²) in [6, 6.07) is 5.04. The smallest absolute Gasteiger partial charge is 0.258 e. The van der Waals surface area contributed by atoms with Crippen molar-refractivity contribution in [3.63, 3.8) is 0 Å². The minimum Gasteiger partial charge on any atom is -0.258 e. The van der Waals surface area contributed by atoms with Gasteiger partial charge in [-0.25, -0.2) is 0 Å². The molecule has 0 aliphatic carbocycles. The lowest BCUT2D eigenvalue weighted by atomic mass is 10.1. The second kappa shape index (κ2) is 4.81. The Labute approximate surface area is 88.0 Å². The number of hydrogen-bond donors (Lipinski definition) is 1. The molecule has 14 heavy (non-hydrogen) atoms. The number of nitro groups is 1. The second-order valence-corrected chi connectivity index (χ2v) is 3.20. The molecule has 3 nitrogen and oxygen atoms in total. The van der Waals surface area contributed by atoms with Crippen molar-refractivity contribution in [2.75, 3.05) is 5.75 Å². The lowest BCUT2D eigenvalue weighted by Gasteiger charge is -2.00. The minimum atomic E-state index is -0.368. The van der Waals surface area contributed by atoms with Crippen molar-refractivity contribution in [2.45, 2.75) is 6.92 Å². The van der Waals surface area contributed by atoms with E-state index in [1.807, 2.05) is 18.2 Å². The predicted octanol–water partition coefficient (Wildman–Crippen LogP) is 2.85. The van der Waals surface area contributed by atoms with E-state index in [1.54, 1.807) is 13.0 Å². The average Bonchev–Trinajstić information content (AvgIpc) is 2.16. The molecule has 1 aromatic carbocycles. The number of nitro benzene ring substituents is 1. The Morgan fingerprint density at radius 1 is 1.57 bits per heavy atom. The molecular weight excluding hydrogens is 198 g/mol. The van der Waals surface area contributed by atoms with Gasteiger partial charge in [0, 0.05) is 17.4 Å². The highest BCUT2D eigenvalue weighted by molar-refractivity contribution is 7.80. The Balaban J connectivity index is 3.14. The van der Waals surface area contributed by atoms with Gasteiger partial charge in [0.15, 0.2) is 0 Å². The van der Waals surface area contributed by atoms with E-state index in [0.29, 0.717) is 11.3 Å². The van der Waals surface area contributed by atoms with Gasteiger partial charge in [0.1, 0.15) is 0 Å². The Kier molecular flexibility index (Phi) is 3.71. The minimum absolute atomic E-state index is 0.159. The highest BCUT2D eigenvalue weighted by atomic mass is 32.1. The molecule has 0 unspecified atom stereocenters. The third-order valence-corrected chi connectivity index (χ3v) is 2.16. The summed E-state index contributed by atoms with van der Waals surface area (Å²) in [4.78, 5) is 10.2. The van der Waals surface area contributed by atoms with Crippen LogP contribution in [0.4, 0.5) is 5.69 Å². The van der Waals surface area contributed by atoms with E-state index in [0.717, 1.165) is 5.56 Å². The summed E-state index contributed by atoms with van der Waals surface area (Å²) in [6.07, 6.45) is 3.70. The van der Waals surface area contributed by atoms with Crippen LogP contribution in [-0.2, 0) is 0 Å². The van der Waals surface area contributed by atoms with Crippen LogP contribution < -0.4 is 0 Å². The fourth-order valence-corrected chi connectivity index (χ4v) is 1.30. The zero-order chi connectivity index (χ0) is 10.6. The zero-order valence-corrected chi connectivity index (χ0v) is 8.70. The van der Waals surface area contributed by atoms with E-state index in [2.05, 4.69) is 12.6 Å². The third kappa shape index (κ3) is 2.35. The van der Waals surface area contributed by atoms with Crippen molar-refractivity contribution in [2.24, 2.45) is 0 Å². The van der Waals surface area contributed by atoms with Gasteiger partial charge in [-0.15, -0.1) is 0 Å². The van der Waals surface area contributed by atoms with Gasteiger partial charge in [0.2, 0.25) is 0 Å². The van der Waals surface area contributed by atoms with Crippen LogP contribution in [0.2, 0.25) is 0 Å². The maximum atomic E-state index is 10.6. The monoisotopic (exact) mass is 209 g/mol. The molecule has 74 valence electrons. The van der Waals surface area contributed by atoms with E-state index < -0.39 is 0 Å². The van der Waals surface area contributed by atoms with Gasteiger partial charge in [-0.3, -0.25) is 10.1 Å². The molecule has 1 aromatic rings. The van der Waals surface area contributed by atoms with Gasteiger partial charge in [0.25, 0.3) is 5.69 Å². The molecule has 0 saturated carbocycles. The molecule has 0 N–H and O–H groups in total. The van der Waals surface area contributed by atoms with Crippen molar-refractivity contribution in [3.05, 3.63) is 45.5 Å². The summed E-state index contributed by atoms with van der Waals surface area (Å²) in [6.45, 7) is 1.75. The summed E-state index contributed by atoms with van der Waals surface area (Å²) < 4.78 is 0. The van der Waals surface area contributed by atoms with Gasteiger partial charge >= 0.3 is 0 Å². The number of rotatable bonds is 3. The first-order chi connectivity index (χ1) is 6.66. The van der Waals surface area contributed by atoms with E-state index >= 15 is 0 Å². The topological polar surface area (TPSA) is 43.1 Å². The number of hydrogen-bond acceptors (Lipinski definition) is 3. The molecule has 0 spiro atoms. The predicted molar refractivity (Wildman–Crippen MR) is 60.7 cm³/mol. The SMILES string of the molecule is Cc1c(C=CCS)cccc1[N+](=O)[O-]. The standard InChI is InChI=1S/C10H11NO2S/c1-8-9(5-3-7-14)4-2-6-10(8)11(12)13/h2-6,14H,7H2,1H3. The number of thiol groups is 1.